The molecular weight excluding hydrogens is 245 g/mol. The van der Waals surface area contributed by atoms with Crippen LogP contribution in [-0.2, 0) is 18.8 Å². The SMILES string of the molecule is CC(OP(=O)(O)O)N(OCCO)OCCO. The lowest BCUT2D eigenvalue weighted by molar-refractivity contribution is -0.413. The first-order valence-electron chi connectivity index (χ1n) is 4.41. The third-order valence-corrected chi connectivity index (χ3v) is 1.79. The van der Waals surface area contributed by atoms with Crippen molar-refractivity contribution in [1.82, 2.24) is 5.23 Å². The van der Waals surface area contributed by atoms with Crippen molar-refractivity contribution in [2.24, 2.45) is 0 Å². The fourth-order valence-corrected chi connectivity index (χ4v) is 1.22. The Morgan fingerprint density at radius 2 is 1.62 bits per heavy atom. The maximum absolute atomic E-state index is 10.5. The Balaban J connectivity index is 4.19. The van der Waals surface area contributed by atoms with E-state index in [2.05, 4.69) is 4.52 Å². The van der Waals surface area contributed by atoms with Crippen LogP contribution in [0, 0.1) is 0 Å². The maximum Gasteiger partial charge on any atom is 0.471 e. The van der Waals surface area contributed by atoms with Gasteiger partial charge in [-0.3, -0.25) is 14.2 Å². The summed E-state index contributed by atoms with van der Waals surface area (Å²) in [5.74, 6) is 0. The van der Waals surface area contributed by atoms with Gasteiger partial charge in [0.25, 0.3) is 0 Å². The lowest BCUT2D eigenvalue weighted by Gasteiger charge is -2.26. The fraction of sp³-hybridized carbons (Fsp3) is 1.00. The van der Waals surface area contributed by atoms with Crippen LogP contribution in [0.5, 0.6) is 0 Å². The predicted octanol–water partition coefficient (Wildman–Crippen LogP) is -1.41. The Morgan fingerprint density at radius 3 is 1.94 bits per heavy atom. The molecule has 0 heterocycles. The summed E-state index contributed by atoms with van der Waals surface area (Å²) in [6, 6.07) is 0. The molecule has 0 spiro atoms. The molecule has 1 unspecified atom stereocenters. The van der Waals surface area contributed by atoms with E-state index in [1.165, 1.54) is 6.92 Å². The topological polar surface area (TPSA) is 129 Å². The van der Waals surface area contributed by atoms with Crippen LogP contribution in [0.3, 0.4) is 0 Å². The number of phosphoric ester groups is 1. The monoisotopic (exact) mass is 261 g/mol. The van der Waals surface area contributed by atoms with Crippen molar-refractivity contribution in [3.63, 3.8) is 0 Å². The zero-order valence-corrected chi connectivity index (χ0v) is 9.62. The second-order valence-corrected chi connectivity index (χ2v) is 3.79. The van der Waals surface area contributed by atoms with Gasteiger partial charge in [0.1, 0.15) is 0 Å². The van der Waals surface area contributed by atoms with Crippen LogP contribution in [0.15, 0.2) is 0 Å². The van der Waals surface area contributed by atoms with Crippen LogP contribution in [0.25, 0.3) is 0 Å². The fourth-order valence-electron chi connectivity index (χ4n) is 0.746. The minimum Gasteiger partial charge on any atom is -0.394 e. The lowest BCUT2D eigenvalue weighted by Crippen LogP contribution is -2.36. The van der Waals surface area contributed by atoms with Crippen molar-refractivity contribution in [2.75, 3.05) is 26.4 Å². The highest BCUT2D eigenvalue weighted by molar-refractivity contribution is 7.46. The molecule has 1 atom stereocenters. The van der Waals surface area contributed by atoms with Crippen LogP contribution in [-0.4, -0.2) is 57.9 Å². The van der Waals surface area contributed by atoms with Gasteiger partial charge in [0.15, 0.2) is 6.23 Å². The Bertz CT molecular complexity index is 213. The van der Waals surface area contributed by atoms with Gasteiger partial charge < -0.3 is 20.0 Å². The number of aliphatic hydroxyl groups excluding tert-OH is 2. The minimum absolute atomic E-state index is 0.139. The third kappa shape index (κ3) is 8.11. The molecule has 9 nitrogen and oxygen atoms in total. The highest BCUT2D eigenvalue weighted by atomic mass is 31.2. The predicted molar refractivity (Wildman–Crippen MR) is 50.5 cm³/mol. The first-order valence-corrected chi connectivity index (χ1v) is 5.94. The summed E-state index contributed by atoms with van der Waals surface area (Å²) >= 11 is 0. The standard InChI is InChI=1S/C6H16NO8P/c1-6(15-16(10,11)12)7(13-4-2-8)14-5-3-9/h6,8-9H,2-5H2,1H3,(H2,10,11,12). The van der Waals surface area contributed by atoms with Crippen LogP contribution in [0.1, 0.15) is 6.92 Å². The molecule has 0 aliphatic heterocycles. The molecule has 16 heavy (non-hydrogen) atoms. The van der Waals surface area contributed by atoms with Gasteiger partial charge in [0.2, 0.25) is 0 Å². The molecule has 0 radical (unpaired) electrons. The molecule has 0 aliphatic rings. The van der Waals surface area contributed by atoms with Gasteiger partial charge in [0.05, 0.1) is 26.4 Å². The number of rotatable bonds is 9. The second-order valence-electron chi connectivity index (χ2n) is 2.59. The smallest absolute Gasteiger partial charge is 0.394 e. The van der Waals surface area contributed by atoms with Gasteiger partial charge in [-0.1, -0.05) is 0 Å². The van der Waals surface area contributed by atoms with Gasteiger partial charge in [-0.05, 0) is 12.2 Å². The molecule has 98 valence electrons. The van der Waals surface area contributed by atoms with Crippen LogP contribution in [0.4, 0.5) is 0 Å². The summed E-state index contributed by atoms with van der Waals surface area (Å²) in [5.41, 5.74) is 0. The van der Waals surface area contributed by atoms with Crippen molar-refractivity contribution in [3.8, 4) is 0 Å². The van der Waals surface area contributed by atoms with Gasteiger partial charge in [-0.25, -0.2) is 4.57 Å². The normalized spacial score (nSPS) is 14.4. The molecule has 0 amide bonds. The van der Waals surface area contributed by atoms with Crippen LogP contribution >= 0.6 is 7.82 Å². The van der Waals surface area contributed by atoms with Gasteiger partial charge in [-0.2, -0.15) is 0 Å². The van der Waals surface area contributed by atoms with Crippen LogP contribution < -0.4 is 0 Å². The van der Waals surface area contributed by atoms with E-state index >= 15 is 0 Å². The number of aliphatic hydroxyl groups is 2. The van der Waals surface area contributed by atoms with E-state index in [4.69, 9.17) is 29.7 Å². The average Bonchev–Trinajstić information content (AvgIpc) is 2.15. The highest BCUT2D eigenvalue weighted by Crippen LogP contribution is 2.38. The van der Waals surface area contributed by atoms with Crippen molar-refractivity contribution in [3.05, 3.63) is 0 Å². The van der Waals surface area contributed by atoms with Crippen molar-refractivity contribution in [2.45, 2.75) is 13.2 Å². The Morgan fingerprint density at radius 1 is 1.19 bits per heavy atom. The molecule has 0 rings (SSSR count). The largest absolute Gasteiger partial charge is 0.471 e. The zero-order chi connectivity index (χ0) is 12.6. The van der Waals surface area contributed by atoms with Gasteiger partial charge in [-0.15, -0.1) is 0 Å². The average molecular weight is 261 g/mol. The van der Waals surface area contributed by atoms with Gasteiger partial charge in [0, 0.05) is 0 Å². The molecule has 0 bridgehead atoms. The molecule has 10 heteroatoms. The summed E-state index contributed by atoms with van der Waals surface area (Å²) in [5, 5.41) is 17.7. The van der Waals surface area contributed by atoms with Crippen LogP contribution in [0.2, 0.25) is 0 Å². The summed E-state index contributed by atoms with van der Waals surface area (Å²) in [7, 11) is -4.67. The molecule has 0 aliphatic carbocycles. The Hall–Kier alpha value is -0.0900. The van der Waals surface area contributed by atoms with Crippen molar-refractivity contribution < 1.29 is 38.8 Å². The Kier molecular flexibility index (Phi) is 8.02. The lowest BCUT2D eigenvalue weighted by atomic mass is 10.7. The van der Waals surface area contributed by atoms with E-state index in [0.717, 1.165) is 0 Å². The van der Waals surface area contributed by atoms with E-state index in [1.807, 2.05) is 0 Å². The summed E-state index contributed by atoms with van der Waals surface area (Å²) in [6.07, 6.45) is -1.20. The van der Waals surface area contributed by atoms with E-state index < -0.39 is 14.1 Å². The van der Waals surface area contributed by atoms with E-state index in [0.29, 0.717) is 5.23 Å². The summed E-state index contributed by atoms with van der Waals surface area (Å²) < 4.78 is 14.8. The maximum atomic E-state index is 10.5. The van der Waals surface area contributed by atoms with E-state index in [-0.39, 0.29) is 26.4 Å². The number of hydrogen-bond donors (Lipinski definition) is 4. The molecule has 0 fully saturated rings. The minimum atomic E-state index is -4.67. The molecule has 0 saturated carbocycles. The molecule has 0 aromatic rings. The summed E-state index contributed by atoms with van der Waals surface area (Å²) in [4.78, 5) is 26.6. The third-order valence-electron chi connectivity index (χ3n) is 1.21. The van der Waals surface area contributed by atoms with Crippen molar-refractivity contribution >= 4 is 7.82 Å². The Labute approximate surface area is 92.3 Å². The molecule has 0 aromatic carbocycles. The number of hydroxylamine groups is 2. The number of nitrogens with zero attached hydrogens (tertiary/aromatic N) is 1. The van der Waals surface area contributed by atoms with E-state index in [9.17, 15) is 4.57 Å². The number of hydrogen-bond acceptors (Lipinski definition) is 7. The molecular formula is C6H16NO8P. The second kappa shape index (κ2) is 8.07. The first kappa shape index (κ1) is 15.9. The van der Waals surface area contributed by atoms with Gasteiger partial charge >= 0.3 is 7.82 Å². The molecule has 0 saturated heterocycles. The van der Waals surface area contributed by atoms with Crippen molar-refractivity contribution in [1.29, 1.82) is 0 Å². The van der Waals surface area contributed by atoms with E-state index in [1.54, 1.807) is 0 Å². The molecule has 0 aromatic heterocycles. The quantitative estimate of drug-likeness (QED) is 0.225. The summed E-state index contributed by atoms with van der Waals surface area (Å²) in [6.45, 7) is 0.387. The highest BCUT2D eigenvalue weighted by Gasteiger charge is 2.25. The molecule has 4 N–H and O–H groups in total. The number of phosphoric acid groups is 1. The zero-order valence-electron chi connectivity index (χ0n) is 8.72. The first-order chi connectivity index (χ1) is 7.40.